The number of allylic oxidation sites excluding steroid dienone is 1. The third kappa shape index (κ3) is 17.0. The van der Waals surface area contributed by atoms with Crippen molar-refractivity contribution in [2.75, 3.05) is 20.5 Å². The minimum atomic E-state index is 0. The molecule has 2 nitrogen and oxygen atoms in total. The fraction of sp³-hybridized carbons (Fsp3) is 0.625. The van der Waals surface area contributed by atoms with Gasteiger partial charge in [-0.15, -0.1) is 6.08 Å². The van der Waals surface area contributed by atoms with Crippen molar-refractivity contribution in [3.8, 4) is 0 Å². The van der Waals surface area contributed by atoms with Gasteiger partial charge in [-0.25, -0.2) is 0 Å². The van der Waals surface area contributed by atoms with Crippen LogP contribution in [0.5, 0.6) is 0 Å². The van der Waals surface area contributed by atoms with E-state index in [1.807, 2.05) is 6.08 Å². The third-order valence-electron chi connectivity index (χ3n) is 0.963. The van der Waals surface area contributed by atoms with Gasteiger partial charge >= 0.3 is 23.1 Å². The van der Waals surface area contributed by atoms with E-state index in [1.54, 1.807) is 7.11 Å². The maximum atomic E-state index is 5.04. The number of hydrogen-bond donors (Lipinski definition) is 0. The molecule has 0 heterocycles. The number of methoxy groups -OCH3 is 1. The van der Waals surface area contributed by atoms with E-state index in [0.29, 0.717) is 6.79 Å². The summed E-state index contributed by atoms with van der Waals surface area (Å²) in [5.41, 5.74) is 0. The molecule has 68 valence electrons. The molecule has 0 saturated heterocycles. The maximum absolute atomic E-state index is 5.04. The van der Waals surface area contributed by atoms with E-state index < -0.39 is 0 Å². The summed E-state index contributed by atoms with van der Waals surface area (Å²) in [4.78, 5) is 0. The number of rotatable bonds is 6. The van der Waals surface area contributed by atoms with Gasteiger partial charge in [0.1, 0.15) is 6.79 Å². The molecule has 0 fully saturated rings. The average Bonchev–Trinajstić information content (AvgIpc) is 1.97. The summed E-state index contributed by atoms with van der Waals surface area (Å²) in [5.74, 6) is 0. The van der Waals surface area contributed by atoms with Crippen LogP contribution in [0.1, 0.15) is 12.8 Å². The second-order valence-electron chi connectivity index (χ2n) is 1.86. The van der Waals surface area contributed by atoms with E-state index in [-0.39, 0.29) is 35.5 Å². The van der Waals surface area contributed by atoms with Gasteiger partial charge in [0.2, 0.25) is 0 Å². The van der Waals surface area contributed by atoms with E-state index in [2.05, 4.69) is 17.7 Å². The summed E-state index contributed by atoms with van der Waals surface area (Å²) in [5, 5.41) is 0. The Hall–Kier alpha value is 0.716. The number of hydrogen-bond acceptors (Lipinski definition) is 2. The van der Waals surface area contributed by atoms with Crippen LogP contribution in [-0.4, -0.2) is 43.6 Å². The maximum Gasteiger partial charge on any atom is 2.00 e. The van der Waals surface area contributed by atoms with E-state index in [9.17, 15) is 0 Å². The fourth-order valence-corrected chi connectivity index (χ4v) is 0.529. The minimum absolute atomic E-state index is 0. The number of ether oxygens (including phenoxy) is 2. The molecule has 0 N–H and O–H groups in total. The molecule has 0 aliphatic rings. The molecule has 0 saturated carbocycles. The van der Waals surface area contributed by atoms with Gasteiger partial charge in [0.25, 0.3) is 0 Å². The van der Waals surface area contributed by atoms with Crippen molar-refractivity contribution in [2.24, 2.45) is 0 Å². The van der Waals surface area contributed by atoms with Crippen molar-refractivity contribution in [3.63, 3.8) is 0 Å². The molecule has 0 bridgehead atoms. The smallest absolute Gasteiger partial charge is 1.00 e. The molecule has 0 aromatic carbocycles. The Morgan fingerprint density at radius 3 is 2.50 bits per heavy atom. The first-order valence-corrected chi connectivity index (χ1v) is 3.42. The van der Waals surface area contributed by atoms with Gasteiger partial charge in [-0.05, 0) is 6.42 Å². The molecule has 0 aliphatic heterocycles. The van der Waals surface area contributed by atoms with Gasteiger partial charge in [-0.3, -0.25) is 0 Å². The molecule has 0 amide bonds. The largest absolute Gasteiger partial charge is 2.00 e. The molecular weight excluding hydrogens is 188 g/mol. The Morgan fingerprint density at radius 2 is 2.00 bits per heavy atom. The fourth-order valence-electron chi connectivity index (χ4n) is 0.529. The Bertz CT molecular complexity index is 89.1. The first kappa shape index (κ1) is 18.5. The van der Waals surface area contributed by atoms with Crippen LogP contribution in [0.2, 0.25) is 0 Å². The summed E-state index contributed by atoms with van der Waals surface area (Å²) in [6.45, 7) is 4.78. The second-order valence-corrected chi connectivity index (χ2v) is 1.86. The van der Waals surface area contributed by atoms with Gasteiger partial charge < -0.3 is 28.8 Å². The standard InChI is InChI=1S/C8H15O2.ClH.Mg/c1-3-4-5-6-7-10-8-9-2;;/h4-5H,1,3,6-8H2,2H3;1H;/q-1;;+2/p-1/b5-4-;;. The van der Waals surface area contributed by atoms with Crippen molar-refractivity contribution in [2.45, 2.75) is 12.8 Å². The van der Waals surface area contributed by atoms with Crippen molar-refractivity contribution in [1.29, 1.82) is 0 Å². The molecule has 0 radical (unpaired) electrons. The molecule has 12 heavy (non-hydrogen) atoms. The van der Waals surface area contributed by atoms with Gasteiger partial charge in [-0.1, -0.05) is 6.08 Å². The normalized spacial score (nSPS) is 9.17. The summed E-state index contributed by atoms with van der Waals surface area (Å²) in [7, 11) is 1.62. The number of halogens is 1. The minimum Gasteiger partial charge on any atom is -1.00 e. The first-order chi connectivity index (χ1) is 4.91. The van der Waals surface area contributed by atoms with Gasteiger partial charge in [0.05, 0.1) is 6.61 Å². The van der Waals surface area contributed by atoms with Crippen LogP contribution >= 0.6 is 0 Å². The van der Waals surface area contributed by atoms with E-state index >= 15 is 0 Å². The molecular formula is C8H15ClMgO2. The average molecular weight is 203 g/mol. The Labute approximate surface area is 97.3 Å². The first-order valence-electron chi connectivity index (χ1n) is 3.42. The zero-order chi connectivity index (χ0) is 7.66. The summed E-state index contributed by atoms with van der Waals surface area (Å²) >= 11 is 0. The summed E-state index contributed by atoms with van der Waals surface area (Å²) in [6, 6.07) is 0. The van der Waals surface area contributed by atoms with Gasteiger partial charge in [-0.2, -0.15) is 6.42 Å². The van der Waals surface area contributed by atoms with Crippen molar-refractivity contribution >= 4 is 23.1 Å². The quantitative estimate of drug-likeness (QED) is 0.170. The van der Waals surface area contributed by atoms with Gasteiger partial charge in [0.15, 0.2) is 0 Å². The van der Waals surface area contributed by atoms with E-state index in [0.717, 1.165) is 19.4 Å². The molecule has 0 unspecified atom stereocenters. The van der Waals surface area contributed by atoms with E-state index in [4.69, 9.17) is 4.74 Å². The molecule has 0 aromatic heterocycles. The zero-order valence-corrected chi connectivity index (χ0v) is 9.76. The summed E-state index contributed by atoms with van der Waals surface area (Å²) in [6.07, 6.45) is 5.88. The third-order valence-corrected chi connectivity index (χ3v) is 0.963. The van der Waals surface area contributed by atoms with Crippen LogP contribution in [0.15, 0.2) is 12.2 Å². The SMILES string of the molecule is [CH2-]C/C=C\CCOCOC.[Cl-].[Mg+2]. The Kier molecular flexibility index (Phi) is 27.3. The van der Waals surface area contributed by atoms with Crippen LogP contribution in [0, 0.1) is 6.92 Å². The van der Waals surface area contributed by atoms with Crippen LogP contribution in [-0.2, 0) is 9.47 Å². The molecule has 0 rings (SSSR count). The summed E-state index contributed by atoms with van der Waals surface area (Å²) < 4.78 is 9.73. The van der Waals surface area contributed by atoms with Gasteiger partial charge in [0, 0.05) is 7.11 Å². The Morgan fingerprint density at radius 1 is 1.33 bits per heavy atom. The van der Waals surface area contributed by atoms with E-state index in [1.165, 1.54) is 0 Å². The topological polar surface area (TPSA) is 18.5 Å². The predicted octanol–water partition coefficient (Wildman–Crippen LogP) is -1.60. The molecule has 4 heteroatoms. The monoisotopic (exact) mass is 202 g/mol. The molecule has 0 spiro atoms. The Balaban J connectivity index is -0.000000405. The molecule has 0 aromatic rings. The molecule has 0 atom stereocenters. The molecule has 0 aliphatic carbocycles. The zero-order valence-electron chi connectivity index (χ0n) is 7.59. The van der Waals surface area contributed by atoms with Crippen LogP contribution < -0.4 is 12.4 Å². The van der Waals surface area contributed by atoms with Crippen molar-refractivity contribution < 1.29 is 21.9 Å². The van der Waals surface area contributed by atoms with Crippen LogP contribution in [0.3, 0.4) is 0 Å². The van der Waals surface area contributed by atoms with Crippen LogP contribution in [0.25, 0.3) is 0 Å². The predicted molar refractivity (Wildman–Crippen MR) is 47.3 cm³/mol. The van der Waals surface area contributed by atoms with Crippen LogP contribution in [0.4, 0.5) is 0 Å². The van der Waals surface area contributed by atoms with Crippen molar-refractivity contribution in [3.05, 3.63) is 19.1 Å². The second kappa shape index (κ2) is 17.7. The van der Waals surface area contributed by atoms with Crippen molar-refractivity contribution in [1.82, 2.24) is 0 Å².